The number of halogens is 1. The van der Waals surface area contributed by atoms with Crippen LogP contribution in [-0.4, -0.2) is 51.3 Å². The molecular weight excluding hydrogens is 450 g/mol. The zero-order valence-electron chi connectivity index (χ0n) is 18.2. The van der Waals surface area contributed by atoms with Crippen LogP contribution in [0.3, 0.4) is 0 Å². The van der Waals surface area contributed by atoms with Crippen LogP contribution >= 0.6 is 22.9 Å². The molecule has 1 aromatic carbocycles. The lowest BCUT2D eigenvalue weighted by Gasteiger charge is -2.24. The van der Waals surface area contributed by atoms with Crippen molar-refractivity contribution in [2.45, 2.75) is 39.0 Å². The number of para-hydroxylation sites is 1. The Morgan fingerprint density at radius 2 is 2.16 bits per heavy atom. The van der Waals surface area contributed by atoms with Crippen molar-refractivity contribution in [3.8, 4) is 0 Å². The SMILES string of the molecule is COCC1CCCN1c1nc(C)nc(Nc2ncc(C(O)Nc3c(C)cccc3Cl)s2)n1. The number of ether oxygens (including phenoxy) is 1. The van der Waals surface area contributed by atoms with Crippen LogP contribution in [0, 0.1) is 13.8 Å². The summed E-state index contributed by atoms with van der Waals surface area (Å²) < 4.78 is 5.34. The largest absolute Gasteiger partial charge is 0.383 e. The molecule has 0 amide bonds. The summed E-state index contributed by atoms with van der Waals surface area (Å²) in [6.45, 7) is 5.29. The molecule has 32 heavy (non-hydrogen) atoms. The highest BCUT2D eigenvalue weighted by molar-refractivity contribution is 7.15. The van der Waals surface area contributed by atoms with Gasteiger partial charge in [0.05, 0.1) is 28.2 Å². The first kappa shape index (κ1) is 22.7. The zero-order chi connectivity index (χ0) is 22.7. The molecule has 3 N–H and O–H groups in total. The van der Waals surface area contributed by atoms with Crippen LogP contribution in [0.15, 0.2) is 24.4 Å². The topological polar surface area (TPSA) is 108 Å². The Bertz CT molecular complexity index is 1060. The summed E-state index contributed by atoms with van der Waals surface area (Å²) in [5, 5.41) is 17.9. The third kappa shape index (κ3) is 5.09. The van der Waals surface area contributed by atoms with E-state index in [0.29, 0.717) is 45.0 Å². The number of aryl methyl sites for hydroxylation is 2. The van der Waals surface area contributed by atoms with Gasteiger partial charge in [-0.3, -0.25) is 5.32 Å². The van der Waals surface area contributed by atoms with E-state index >= 15 is 0 Å². The minimum Gasteiger partial charge on any atom is -0.383 e. The predicted octanol–water partition coefficient (Wildman–Crippen LogP) is 4.06. The third-order valence-electron chi connectivity index (χ3n) is 5.24. The first-order valence-corrected chi connectivity index (χ1v) is 11.5. The second-order valence-electron chi connectivity index (χ2n) is 7.62. The van der Waals surface area contributed by atoms with E-state index in [9.17, 15) is 5.11 Å². The molecule has 3 aromatic rings. The molecule has 4 rings (SSSR count). The van der Waals surface area contributed by atoms with Crippen molar-refractivity contribution in [3.63, 3.8) is 0 Å². The third-order valence-corrected chi connectivity index (χ3v) is 6.52. The normalized spacial score (nSPS) is 16.9. The predicted molar refractivity (Wildman–Crippen MR) is 127 cm³/mol. The Labute approximate surface area is 195 Å². The van der Waals surface area contributed by atoms with E-state index in [2.05, 4.69) is 35.5 Å². The number of methoxy groups -OCH3 is 1. The standard InChI is InChI=1S/C21H26ClN7O2S/c1-12-6-4-8-15(22)17(12)26-18(30)16-10-23-21(32-16)28-19-24-13(2)25-20(27-19)29-9-5-7-14(29)11-31-3/h4,6,8,10,14,18,26,30H,5,7,9,11H2,1-3H3,(H,23,24,25,27,28). The van der Waals surface area contributed by atoms with Crippen LogP contribution < -0.4 is 15.5 Å². The molecule has 1 aliphatic rings. The summed E-state index contributed by atoms with van der Waals surface area (Å²) in [5.74, 6) is 1.67. The molecule has 0 radical (unpaired) electrons. The van der Waals surface area contributed by atoms with E-state index in [1.165, 1.54) is 11.3 Å². The van der Waals surface area contributed by atoms with Gasteiger partial charge in [0.15, 0.2) is 11.4 Å². The number of thiazole rings is 1. The lowest BCUT2D eigenvalue weighted by atomic mass is 10.2. The Morgan fingerprint density at radius 3 is 2.94 bits per heavy atom. The second kappa shape index (κ2) is 9.95. The summed E-state index contributed by atoms with van der Waals surface area (Å²) in [5.41, 5.74) is 1.64. The smallest absolute Gasteiger partial charge is 0.234 e. The first-order valence-electron chi connectivity index (χ1n) is 10.4. The van der Waals surface area contributed by atoms with Crippen molar-refractivity contribution in [3.05, 3.63) is 45.7 Å². The van der Waals surface area contributed by atoms with Crippen LogP contribution in [0.25, 0.3) is 0 Å². The fraction of sp³-hybridized carbons (Fsp3) is 0.429. The van der Waals surface area contributed by atoms with Gasteiger partial charge in [0.2, 0.25) is 11.9 Å². The Morgan fingerprint density at radius 1 is 1.31 bits per heavy atom. The van der Waals surface area contributed by atoms with E-state index in [-0.39, 0.29) is 6.04 Å². The highest BCUT2D eigenvalue weighted by Crippen LogP contribution is 2.32. The van der Waals surface area contributed by atoms with Crippen molar-refractivity contribution in [2.24, 2.45) is 0 Å². The molecule has 1 aliphatic heterocycles. The maximum absolute atomic E-state index is 10.6. The van der Waals surface area contributed by atoms with Crippen molar-refractivity contribution in [1.82, 2.24) is 19.9 Å². The van der Waals surface area contributed by atoms with E-state index in [4.69, 9.17) is 16.3 Å². The first-order chi connectivity index (χ1) is 15.4. The number of aliphatic hydroxyl groups excluding tert-OH is 1. The van der Waals surface area contributed by atoms with Crippen LogP contribution in [0.2, 0.25) is 5.02 Å². The second-order valence-corrected chi connectivity index (χ2v) is 9.09. The van der Waals surface area contributed by atoms with Gasteiger partial charge in [0.25, 0.3) is 0 Å². The summed E-state index contributed by atoms with van der Waals surface area (Å²) >= 11 is 7.56. The molecule has 2 aromatic heterocycles. The summed E-state index contributed by atoms with van der Waals surface area (Å²) in [7, 11) is 1.71. The van der Waals surface area contributed by atoms with Crippen LogP contribution in [0.4, 0.5) is 22.7 Å². The van der Waals surface area contributed by atoms with Gasteiger partial charge in [0.1, 0.15) is 5.82 Å². The number of nitrogens with zero attached hydrogens (tertiary/aromatic N) is 5. The van der Waals surface area contributed by atoms with E-state index in [1.54, 1.807) is 19.4 Å². The van der Waals surface area contributed by atoms with Gasteiger partial charge in [0, 0.05) is 19.9 Å². The molecule has 11 heteroatoms. The average molecular weight is 476 g/mol. The minimum absolute atomic E-state index is 0.260. The Hall–Kier alpha value is -2.53. The molecule has 0 saturated carbocycles. The number of aliphatic hydroxyl groups is 1. The maximum atomic E-state index is 10.6. The molecule has 9 nitrogen and oxygen atoms in total. The number of aromatic nitrogens is 4. The van der Waals surface area contributed by atoms with Crippen molar-refractivity contribution in [2.75, 3.05) is 35.8 Å². The van der Waals surface area contributed by atoms with E-state index in [0.717, 1.165) is 24.9 Å². The van der Waals surface area contributed by atoms with Crippen LogP contribution in [0.5, 0.6) is 0 Å². The molecule has 0 spiro atoms. The minimum atomic E-state index is -0.947. The number of hydrogen-bond donors (Lipinski definition) is 3. The molecule has 2 unspecified atom stereocenters. The fourth-order valence-electron chi connectivity index (χ4n) is 3.71. The van der Waals surface area contributed by atoms with Crippen molar-refractivity contribution < 1.29 is 9.84 Å². The summed E-state index contributed by atoms with van der Waals surface area (Å²) in [6.07, 6.45) is 2.79. The number of rotatable bonds is 8. The van der Waals surface area contributed by atoms with Crippen molar-refractivity contribution >= 4 is 45.7 Å². The van der Waals surface area contributed by atoms with Crippen LogP contribution in [0.1, 0.15) is 35.3 Å². The van der Waals surface area contributed by atoms with Crippen LogP contribution in [-0.2, 0) is 4.74 Å². The molecule has 1 fully saturated rings. The zero-order valence-corrected chi connectivity index (χ0v) is 19.7. The monoisotopic (exact) mass is 475 g/mol. The van der Waals surface area contributed by atoms with Gasteiger partial charge in [-0.15, -0.1) is 0 Å². The van der Waals surface area contributed by atoms with Crippen molar-refractivity contribution in [1.29, 1.82) is 0 Å². The van der Waals surface area contributed by atoms with E-state index in [1.807, 2.05) is 26.0 Å². The fourth-order valence-corrected chi connectivity index (χ4v) is 4.73. The highest BCUT2D eigenvalue weighted by atomic mass is 35.5. The number of nitrogens with one attached hydrogen (secondary N) is 2. The van der Waals surface area contributed by atoms with Gasteiger partial charge in [-0.2, -0.15) is 15.0 Å². The molecule has 170 valence electrons. The highest BCUT2D eigenvalue weighted by Gasteiger charge is 2.27. The quantitative estimate of drug-likeness (QED) is 0.415. The molecule has 1 saturated heterocycles. The van der Waals surface area contributed by atoms with Gasteiger partial charge in [-0.1, -0.05) is 35.1 Å². The number of benzene rings is 1. The molecule has 3 heterocycles. The molecule has 2 atom stereocenters. The number of anilines is 4. The average Bonchev–Trinajstić information content (AvgIpc) is 3.40. The van der Waals surface area contributed by atoms with Gasteiger partial charge in [-0.25, -0.2) is 4.98 Å². The van der Waals surface area contributed by atoms with Gasteiger partial charge in [-0.05, 0) is 38.3 Å². The van der Waals surface area contributed by atoms with Gasteiger partial charge >= 0.3 is 0 Å². The molecule has 0 aliphatic carbocycles. The number of hydrogen-bond acceptors (Lipinski definition) is 10. The van der Waals surface area contributed by atoms with Gasteiger partial charge < -0.3 is 20.1 Å². The summed E-state index contributed by atoms with van der Waals surface area (Å²) in [4.78, 5) is 20.7. The summed E-state index contributed by atoms with van der Waals surface area (Å²) in [6, 6.07) is 5.84. The maximum Gasteiger partial charge on any atom is 0.234 e. The molecular formula is C21H26ClN7O2S. The Balaban J connectivity index is 1.48. The molecule has 0 bridgehead atoms. The lowest BCUT2D eigenvalue weighted by molar-refractivity contribution is 0.180. The lowest BCUT2D eigenvalue weighted by Crippen LogP contribution is -2.34. The Kier molecular flexibility index (Phi) is 7.04. The van der Waals surface area contributed by atoms with E-state index < -0.39 is 6.23 Å².